The Morgan fingerprint density at radius 3 is 3.00 bits per heavy atom. The van der Waals surface area contributed by atoms with Gasteiger partial charge in [0, 0.05) is 11.6 Å². The maximum Gasteiger partial charge on any atom is 0.189 e. The normalized spacial score (nSPS) is 15.8. The topological polar surface area (TPSA) is 63.7 Å². The van der Waals surface area contributed by atoms with Crippen LogP contribution in [0, 0.1) is 11.3 Å². The quantitative estimate of drug-likeness (QED) is 0.595. The lowest BCUT2D eigenvalue weighted by molar-refractivity contribution is -0.0219. The second kappa shape index (κ2) is 4.02. The van der Waals surface area contributed by atoms with Crippen LogP contribution >= 0.6 is 11.8 Å². The number of rotatable bonds is 2. The van der Waals surface area contributed by atoms with Crippen LogP contribution in [0.3, 0.4) is 0 Å². The molecule has 1 aliphatic rings. The van der Waals surface area contributed by atoms with Crippen LogP contribution in [0.15, 0.2) is 17.4 Å². The van der Waals surface area contributed by atoms with E-state index in [0.29, 0.717) is 18.9 Å². The molecule has 0 spiro atoms. The Hall–Kier alpha value is -1.58. The van der Waals surface area contributed by atoms with E-state index in [1.54, 1.807) is 6.20 Å². The molecule has 0 aliphatic carbocycles. The van der Waals surface area contributed by atoms with Gasteiger partial charge in [0.25, 0.3) is 0 Å². The van der Waals surface area contributed by atoms with Crippen molar-refractivity contribution in [2.24, 2.45) is 0 Å². The van der Waals surface area contributed by atoms with Gasteiger partial charge in [0.05, 0.1) is 19.3 Å². The Kier molecular flexibility index (Phi) is 2.50. The van der Waals surface area contributed by atoms with Gasteiger partial charge >= 0.3 is 0 Å². The van der Waals surface area contributed by atoms with Gasteiger partial charge in [-0.15, -0.1) is 0 Å². The van der Waals surface area contributed by atoms with Crippen LogP contribution in [0.25, 0.3) is 11.0 Å². The molecule has 0 atom stereocenters. The first-order valence-electron chi connectivity index (χ1n) is 5.23. The Labute approximate surface area is 102 Å². The molecule has 5 nitrogen and oxygen atoms in total. The van der Waals surface area contributed by atoms with Crippen molar-refractivity contribution < 1.29 is 4.74 Å². The fraction of sp³-hybridized carbons (Fsp3) is 0.364. The summed E-state index contributed by atoms with van der Waals surface area (Å²) in [6.45, 7) is 1.30. The third-order valence-corrected chi connectivity index (χ3v) is 3.40. The van der Waals surface area contributed by atoms with Crippen LogP contribution in [0.4, 0.5) is 0 Å². The van der Waals surface area contributed by atoms with Gasteiger partial charge < -0.3 is 9.30 Å². The SMILES string of the molecule is CSc1ncc2cc(C#N)n(C3COC3)c2n1. The number of nitrogens with zero attached hydrogens (tertiary/aromatic N) is 4. The van der Waals surface area contributed by atoms with Crippen molar-refractivity contribution in [1.82, 2.24) is 14.5 Å². The van der Waals surface area contributed by atoms with Gasteiger partial charge in [0.1, 0.15) is 17.4 Å². The number of aromatic nitrogens is 3. The monoisotopic (exact) mass is 246 g/mol. The fourth-order valence-electron chi connectivity index (χ4n) is 1.92. The molecule has 86 valence electrons. The Morgan fingerprint density at radius 2 is 2.41 bits per heavy atom. The standard InChI is InChI=1S/C11H10N4OS/c1-17-11-13-4-7-2-8(3-12)15(10(7)14-11)9-5-16-6-9/h2,4,9H,5-6H2,1H3. The van der Waals surface area contributed by atoms with Gasteiger partial charge in [0.2, 0.25) is 0 Å². The molecule has 2 aromatic rings. The average Bonchev–Trinajstić information content (AvgIpc) is 2.65. The van der Waals surface area contributed by atoms with Crippen LogP contribution < -0.4 is 0 Å². The molecule has 17 heavy (non-hydrogen) atoms. The Bertz CT molecular complexity index is 612. The average molecular weight is 246 g/mol. The molecule has 0 aromatic carbocycles. The van der Waals surface area contributed by atoms with E-state index in [0.717, 1.165) is 16.2 Å². The van der Waals surface area contributed by atoms with Gasteiger partial charge in [0.15, 0.2) is 5.16 Å². The van der Waals surface area contributed by atoms with Crippen molar-refractivity contribution in [2.45, 2.75) is 11.2 Å². The number of nitriles is 1. The lowest BCUT2D eigenvalue weighted by Crippen LogP contribution is -2.31. The zero-order valence-corrected chi connectivity index (χ0v) is 10.1. The van der Waals surface area contributed by atoms with Crippen molar-refractivity contribution in [3.8, 4) is 6.07 Å². The molecule has 3 heterocycles. The minimum Gasteiger partial charge on any atom is -0.377 e. The fourth-order valence-corrected chi connectivity index (χ4v) is 2.25. The summed E-state index contributed by atoms with van der Waals surface area (Å²) in [5, 5.41) is 10.8. The number of hydrogen-bond donors (Lipinski definition) is 0. The Morgan fingerprint density at radius 1 is 1.59 bits per heavy atom. The van der Waals surface area contributed by atoms with Crippen molar-refractivity contribution in [3.63, 3.8) is 0 Å². The van der Waals surface area contributed by atoms with E-state index < -0.39 is 0 Å². The predicted octanol–water partition coefficient (Wildman–Crippen LogP) is 1.60. The maximum absolute atomic E-state index is 9.15. The van der Waals surface area contributed by atoms with Gasteiger partial charge in [-0.1, -0.05) is 11.8 Å². The molecule has 0 radical (unpaired) electrons. The van der Waals surface area contributed by atoms with Crippen LogP contribution in [-0.2, 0) is 4.74 Å². The van der Waals surface area contributed by atoms with Gasteiger partial charge in [-0.3, -0.25) is 0 Å². The van der Waals surface area contributed by atoms with Crippen molar-refractivity contribution in [3.05, 3.63) is 18.0 Å². The maximum atomic E-state index is 9.15. The summed E-state index contributed by atoms with van der Waals surface area (Å²) in [5.74, 6) is 0. The summed E-state index contributed by atoms with van der Waals surface area (Å²) in [6, 6.07) is 4.26. The second-order valence-corrected chi connectivity index (χ2v) is 4.61. The van der Waals surface area contributed by atoms with E-state index in [1.165, 1.54) is 11.8 Å². The molecule has 0 amide bonds. The van der Waals surface area contributed by atoms with Gasteiger partial charge in [-0.2, -0.15) is 5.26 Å². The highest BCUT2D eigenvalue weighted by Crippen LogP contribution is 2.27. The summed E-state index contributed by atoms with van der Waals surface area (Å²) in [5.41, 5.74) is 1.45. The molecule has 1 fully saturated rings. The molecule has 0 saturated carbocycles. The molecule has 3 rings (SSSR count). The highest BCUT2D eigenvalue weighted by Gasteiger charge is 2.25. The summed E-state index contributed by atoms with van der Waals surface area (Å²) in [6.07, 6.45) is 3.71. The molecule has 2 aromatic heterocycles. The summed E-state index contributed by atoms with van der Waals surface area (Å²) >= 11 is 1.50. The second-order valence-electron chi connectivity index (χ2n) is 3.84. The zero-order chi connectivity index (χ0) is 11.8. The smallest absolute Gasteiger partial charge is 0.189 e. The number of fused-ring (bicyclic) bond motifs is 1. The van der Waals surface area contributed by atoms with Gasteiger partial charge in [-0.25, -0.2) is 9.97 Å². The molecular weight excluding hydrogens is 236 g/mol. The van der Waals surface area contributed by atoms with Gasteiger partial charge in [-0.05, 0) is 12.3 Å². The first kappa shape index (κ1) is 10.6. The van der Waals surface area contributed by atoms with Crippen LogP contribution in [0.5, 0.6) is 0 Å². The van der Waals surface area contributed by atoms with E-state index in [2.05, 4.69) is 16.0 Å². The lowest BCUT2D eigenvalue weighted by Gasteiger charge is -2.28. The summed E-state index contributed by atoms with van der Waals surface area (Å²) in [4.78, 5) is 8.69. The van der Waals surface area contributed by atoms with Crippen LogP contribution in [0.1, 0.15) is 11.7 Å². The van der Waals surface area contributed by atoms with Crippen molar-refractivity contribution >= 4 is 22.8 Å². The van der Waals surface area contributed by atoms with E-state index in [-0.39, 0.29) is 6.04 Å². The first-order chi connectivity index (χ1) is 8.33. The third-order valence-electron chi connectivity index (χ3n) is 2.84. The largest absolute Gasteiger partial charge is 0.377 e. The molecule has 0 unspecified atom stereocenters. The van der Waals surface area contributed by atoms with Crippen LogP contribution in [0.2, 0.25) is 0 Å². The summed E-state index contributed by atoms with van der Waals surface area (Å²) < 4.78 is 7.14. The highest BCUT2D eigenvalue weighted by molar-refractivity contribution is 7.98. The van der Waals surface area contributed by atoms with Crippen molar-refractivity contribution in [2.75, 3.05) is 19.5 Å². The number of hydrogen-bond acceptors (Lipinski definition) is 5. The lowest BCUT2D eigenvalue weighted by atomic mass is 10.2. The minimum atomic E-state index is 0.228. The molecular formula is C11H10N4OS. The van der Waals surface area contributed by atoms with E-state index in [9.17, 15) is 0 Å². The molecule has 0 N–H and O–H groups in total. The third kappa shape index (κ3) is 1.59. The summed E-state index contributed by atoms with van der Waals surface area (Å²) in [7, 11) is 0. The van der Waals surface area contributed by atoms with Crippen molar-refractivity contribution in [1.29, 1.82) is 5.26 Å². The first-order valence-corrected chi connectivity index (χ1v) is 6.46. The molecule has 1 aliphatic heterocycles. The van der Waals surface area contributed by atoms with E-state index in [4.69, 9.17) is 10.00 Å². The Balaban J connectivity index is 2.24. The molecule has 6 heteroatoms. The number of thioether (sulfide) groups is 1. The predicted molar refractivity (Wildman–Crippen MR) is 63.9 cm³/mol. The number of ether oxygens (including phenoxy) is 1. The molecule has 1 saturated heterocycles. The van der Waals surface area contributed by atoms with Crippen LogP contribution in [-0.4, -0.2) is 34.0 Å². The zero-order valence-electron chi connectivity index (χ0n) is 9.25. The van der Waals surface area contributed by atoms with E-state index >= 15 is 0 Å². The minimum absolute atomic E-state index is 0.228. The van der Waals surface area contributed by atoms with E-state index in [1.807, 2.05) is 16.9 Å². The highest BCUT2D eigenvalue weighted by atomic mass is 32.2. The molecule has 0 bridgehead atoms.